The van der Waals surface area contributed by atoms with Crippen LogP contribution in [-0.2, 0) is 6.42 Å². The number of carbonyl (C=O) groups excluding carboxylic acids is 1. The number of aromatic amines is 1. The third-order valence-electron chi connectivity index (χ3n) is 2.57. The van der Waals surface area contributed by atoms with Crippen LogP contribution in [0.25, 0.3) is 0 Å². The molecule has 0 radical (unpaired) electrons. The van der Waals surface area contributed by atoms with Crippen LogP contribution in [0.15, 0.2) is 29.0 Å². The number of benzene rings is 1. The summed E-state index contributed by atoms with van der Waals surface area (Å²) in [5.41, 5.74) is 0.474. The predicted molar refractivity (Wildman–Crippen MR) is 78.2 cm³/mol. The van der Waals surface area contributed by atoms with E-state index < -0.39 is 12.0 Å². The number of nitrogens with zero attached hydrogens (tertiary/aromatic N) is 2. The second-order valence-corrected chi connectivity index (χ2v) is 4.92. The fourth-order valence-corrected chi connectivity index (χ4v) is 2.00. The quantitative estimate of drug-likeness (QED) is 0.651. The highest BCUT2D eigenvalue weighted by molar-refractivity contribution is 9.10. The molecule has 0 fully saturated rings. The first-order valence-electron chi connectivity index (χ1n) is 5.98. The van der Waals surface area contributed by atoms with E-state index >= 15 is 0 Å². The Kier molecular flexibility index (Phi) is 4.88. The first-order valence-corrected chi connectivity index (χ1v) is 6.77. The maximum Gasteiger partial charge on any atom is 0.336 e. The highest BCUT2D eigenvalue weighted by Crippen LogP contribution is 2.21. The summed E-state index contributed by atoms with van der Waals surface area (Å²) in [5, 5.41) is 20.6. The molecular weight excluding hydrogens is 342 g/mol. The molecule has 1 aromatic heterocycles. The van der Waals surface area contributed by atoms with Gasteiger partial charge in [-0.05, 0) is 34.1 Å². The molecule has 2 aromatic rings. The molecule has 0 spiro atoms. The van der Waals surface area contributed by atoms with Gasteiger partial charge in [0.2, 0.25) is 0 Å². The average Bonchev–Trinajstić information content (AvgIpc) is 2.94. The van der Waals surface area contributed by atoms with Crippen molar-refractivity contribution in [1.29, 1.82) is 0 Å². The summed E-state index contributed by atoms with van der Waals surface area (Å²) in [6.07, 6.45) is 1.92. The molecule has 4 N–H and O–H groups in total. The molecule has 1 heterocycles. The fraction of sp³-hybridized carbons (Fsp3) is 0.167. The number of anilines is 1. The largest absolute Gasteiger partial charge is 0.478 e. The van der Waals surface area contributed by atoms with Gasteiger partial charge in [0, 0.05) is 23.1 Å². The highest BCUT2D eigenvalue weighted by Gasteiger charge is 2.10. The second kappa shape index (κ2) is 6.84. The molecular formula is C12H12BrN5O3. The molecule has 110 valence electrons. The van der Waals surface area contributed by atoms with Crippen molar-refractivity contribution in [2.45, 2.75) is 6.42 Å². The van der Waals surface area contributed by atoms with Gasteiger partial charge in [-0.3, -0.25) is 5.10 Å². The van der Waals surface area contributed by atoms with Crippen LogP contribution >= 0.6 is 15.9 Å². The minimum absolute atomic E-state index is 0.0782. The molecule has 0 saturated heterocycles. The van der Waals surface area contributed by atoms with Gasteiger partial charge in [-0.1, -0.05) is 0 Å². The van der Waals surface area contributed by atoms with Crippen molar-refractivity contribution >= 4 is 33.6 Å². The summed E-state index contributed by atoms with van der Waals surface area (Å²) in [4.78, 5) is 26.6. The fourth-order valence-electron chi connectivity index (χ4n) is 1.59. The van der Waals surface area contributed by atoms with E-state index in [1.807, 2.05) is 0 Å². The molecule has 2 rings (SSSR count). The van der Waals surface area contributed by atoms with Gasteiger partial charge in [0.15, 0.2) is 0 Å². The lowest BCUT2D eigenvalue weighted by Gasteiger charge is -2.08. The molecule has 0 aliphatic carbocycles. The number of urea groups is 1. The molecule has 0 bridgehead atoms. The van der Waals surface area contributed by atoms with E-state index in [4.69, 9.17) is 5.11 Å². The minimum Gasteiger partial charge on any atom is -0.478 e. The summed E-state index contributed by atoms with van der Waals surface area (Å²) in [6, 6.07) is 4.12. The summed E-state index contributed by atoms with van der Waals surface area (Å²) in [5.74, 6) is -0.400. The maximum absolute atomic E-state index is 11.7. The summed E-state index contributed by atoms with van der Waals surface area (Å²) in [7, 11) is 0. The number of amides is 2. The van der Waals surface area contributed by atoms with E-state index in [0.717, 1.165) is 0 Å². The number of aromatic nitrogens is 3. The van der Waals surface area contributed by atoms with Gasteiger partial charge < -0.3 is 15.7 Å². The van der Waals surface area contributed by atoms with Gasteiger partial charge in [0.25, 0.3) is 0 Å². The number of aromatic carboxylic acids is 1. The van der Waals surface area contributed by atoms with Gasteiger partial charge >= 0.3 is 12.0 Å². The van der Waals surface area contributed by atoms with Gasteiger partial charge in [-0.2, -0.15) is 5.10 Å². The van der Waals surface area contributed by atoms with E-state index in [0.29, 0.717) is 29.0 Å². The zero-order valence-corrected chi connectivity index (χ0v) is 12.3. The molecule has 21 heavy (non-hydrogen) atoms. The van der Waals surface area contributed by atoms with Crippen molar-refractivity contribution in [3.05, 3.63) is 40.4 Å². The number of hydrogen-bond acceptors (Lipinski definition) is 4. The Morgan fingerprint density at radius 3 is 2.86 bits per heavy atom. The topological polar surface area (TPSA) is 120 Å². The predicted octanol–water partition coefficient (Wildman–Crippen LogP) is 1.63. The Hall–Kier alpha value is -2.42. The Balaban J connectivity index is 1.87. The molecule has 1 aromatic carbocycles. The lowest BCUT2D eigenvalue weighted by molar-refractivity contribution is 0.0696. The summed E-state index contributed by atoms with van der Waals surface area (Å²) >= 11 is 3.14. The first kappa shape index (κ1) is 15.0. The van der Waals surface area contributed by atoms with Crippen molar-refractivity contribution in [3.63, 3.8) is 0 Å². The maximum atomic E-state index is 11.7. The second-order valence-electron chi connectivity index (χ2n) is 4.06. The van der Waals surface area contributed by atoms with E-state index in [9.17, 15) is 9.59 Å². The highest BCUT2D eigenvalue weighted by atomic mass is 79.9. The van der Waals surface area contributed by atoms with Crippen molar-refractivity contribution in [2.24, 2.45) is 0 Å². The Labute approximate surface area is 128 Å². The minimum atomic E-state index is -1.07. The van der Waals surface area contributed by atoms with E-state index in [-0.39, 0.29) is 5.56 Å². The van der Waals surface area contributed by atoms with Crippen molar-refractivity contribution in [1.82, 2.24) is 20.5 Å². The van der Waals surface area contributed by atoms with E-state index in [2.05, 4.69) is 41.7 Å². The molecule has 0 saturated carbocycles. The summed E-state index contributed by atoms with van der Waals surface area (Å²) < 4.78 is 0.450. The number of rotatable bonds is 5. The normalized spacial score (nSPS) is 10.1. The van der Waals surface area contributed by atoms with E-state index in [1.54, 1.807) is 12.1 Å². The van der Waals surface area contributed by atoms with Crippen molar-refractivity contribution in [2.75, 3.05) is 11.9 Å². The number of carboxylic acid groups (broad SMARTS) is 1. The Bertz CT molecular complexity index is 644. The first-order chi connectivity index (χ1) is 10.1. The molecule has 0 aliphatic rings. The smallest absolute Gasteiger partial charge is 0.336 e. The van der Waals surface area contributed by atoms with Gasteiger partial charge in [-0.15, -0.1) is 0 Å². The zero-order valence-electron chi connectivity index (χ0n) is 10.8. The SMILES string of the molecule is O=C(NCCc1ncn[nH]1)Nc1ccc(Br)c(C(=O)O)c1. The van der Waals surface area contributed by atoms with Crippen LogP contribution < -0.4 is 10.6 Å². The Morgan fingerprint density at radius 2 is 2.19 bits per heavy atom. The lowest BCUT2D eigenvalue weighted by atomic mass is 10.2. The zero-order chi connectivity index (χ0) is 15.2. The van der Waals surface area contributed by atoms with Crippen LogP contribution in [-0.4, -0.2) is 38.8 Å². The third-order valence-corrected chi connectivity index (χ3v) is 3.26. The number of H-pyrrole nitrogens is 1. The Morgan fingerprint density at radius 1 is 1.38 bits per heavy atom. The number of halogens is 1. The lowest BCUT2D eigenvalue weighted by Crippen LogP contribution is -2.30. The van der Waals surface area contributed by atoms with Crippen LogP contribution in [0.2, 0.25) is 0 Å². The van der Waals surface area contributed by atoms with Crippen molar-refractivity contribution < 1.29 is 14.7 Å². The van der Waals surface area contributed by atoms with Crippen LogP contribution in [0, 0.1) is 0 Å². The molecule has 0 atom stereocenters. The number of carbonyl (C=O) groups is 2. The third kappa shape index (κ3) is 4.28. The number of carboxylic acids is 1. The molecule has 8 nitrogen and oxygen atoms in total. The van der Waals surface area contributed by atoms with Crippen LogP contribution in [0.1, 0.15) is 16.2 Å². The molecule has 2 amide bonds. The average molecular weight is 354 g/mol. The van der Waals surface area contributed by atoms with Crippen LogP contribution in [0.3, 0.4) is 0 Å². The summed E-state index contributed by atoms with van der Waals surface area (Å²) in [6.45, 7) is 0.378. The molecule has 0 aliphatic heterocycles. The van der Waals surface area contributed by atoms with Crippen LogP contribution in [0.4, 0.5) is 10.5 Å². The molecule has 9 heteroatoms. The van der Waals surface area contributed by atoms with Gasteiger partial charge in [0.05, 0.1) is 5.56 Å². The number of nitrogens with one attached hydrogen (secondary N) is 3. The van der Waals surface area contributed by atoms with Crippen molar-refractivity contribution in [3.8, 4) is 0 Å². The monoisotopic (exact) mass is 353 g/mol. The van der Waals surface area contributed by atoms with Gasteiger partial charge in [0.1, 0.15) is 12.2 Å². The molecule has 0 unspecified atom stereocenters. The number of hydrogen-bond donors (Lipinski definition) is 4. The standard InChI is InChI=1S/C12H12BrN5O3/c13-9-2-1-7(5-8(9)11(19)20)17-12(21)14-4-3-10-15-6-16-18-10/h1-2,5-6H,3-4H2,(H,19,20)(H2,14,17,21)(H,15,16,18). The van der Waals surface area contributed by atoms with E-state index in [1.165, 1.54) is 12.4 Å². The van der Waals surface area contributed by atoms with Gasteiger partial charge in [-0.25, -0.2) is 14.6 Å². The van der Waals surface area contributed by atoms with Crippen LogP contribution in [0.5, 0.6) is 0 Å².